The van der Waals surface area contributed by atoms with Crippen LogP contribution in [-0.4, -0.2) is 33.6 Å². The van der Waals surface area contributed by atoms with Gasteiger partial charge in [-0.2, -0.15) is 4.39 Å². The average molecular weight is 366 g/mol. The van der Waals surface area contributed by atoms with Gasteiger partial charge in [0.1, 0.15) is 18.0 Å². The molecule has 8 heteroatoms. The lowest BCUT2D eigenvalue weighted by molar-refractivity contribution is 0.397. The maximum Gasteiger partial charge on any atom is 0.218 e. The number of ether oxygens (including phenoxy) is 1. The van der Waals surface area contributed by atoms with E-state index < -0.39 is 5.95 Å². The molecule has 0 saturated carbocycles. The highest BCUT2D eigenvalue weighted by molar-refractivity contribution is 5.51. The standard InChI is InChI=1S/C19H19FN6O/c1-27-17-6-12(4-5-22-17)8-23-16-3-2-13(18(20)26-16)7-14-9-24-19-15(14)10-21-11-25-19/h2-6,10-11,14H,7-9H2,1H3,(H,23,26)(H,21,24,25). The predicted octanol–water partition coefficient (Wildman–Crippen LogP) is 2.78. The lowest BCUT2D eigenvalue weighted by atomic mass is 9.96. The second-order valence-corrected chi connectivity index (χ2v) is 6.32. The van der Waals surface area contributed by atoms with Gasteiger partial charge in [0.25, 0.3) is 0 Å². The number of methoxy groups -OCH3 is 1. The number of hydrogen-bond donors (Lipinski definition) is 2. The molecule has 138 valence electrons. The fourth-order valence-corrected chi connectivity index (χ4v) is 3.14. The van der Waals surface area contributed by atoms with Gasteiger partial charge in [-0.3, -0.25) is 0 Å². The van der Waals surface area contributed by atoms with E-state index >= 15 is 0 Å². The summed E-state index contributed by atoms with van der Waals surface area (Å²) in [6.07, 6.45) is 5.52. The van der Waals surface area contributed by atoms with Gasteiger partial charge in [0.2, 0.25) is 11.8 Å². The first kappa shape index (κ1) is 17.1. The van der Waals surface area contributed by atoms with Crippen LogP contribution in [0.2, 0.25) is 0 Å². The Morgan fingerprint density at radius 1 is 1.30 bits per heavy atom. The van der Waals surface area contributed by atoms with Crippen molar-refractivity contribution in [1.29, 1.82) is 0 Å². The summed E-state index contributed by atoms with van der Waals surface area (Å²) in [6.45, 7) is 1.22. The lowest BCUT2D eigenvalue weighted by Crippen LogP contribution is -2.09. The molecule has 27 heavy (non-hydrogen) atoms. The highest BCUT2D eigenvalue weighted by atomic mass is 19.1. The largest absolute Gasteiger partial charge is 0.481 e. The van der Waals surface area contributed by atoms with Gasteiger partial charge < -0.3 is 15.4 Å². The summed E-state index contributed by atoms with van der Waals surface area (Å²) in [7, 11) is 1.57. The number of pyridine rings is 2. The molecule has 3 aromatic rings. The fraction of sp³-hybridized carbons (Fsp3) is 0.263. The SMILES string of the molecule is COc1cc(CNc2ccc(CC3CNc4ncncc43)c(F)n2)ccn1. The van der Waals surface area contributed by atoms with Crippen LogP contribution in [0.25, 0.3) is 0 Å². The quantitative estimate of drug-likeness (QED) is 0.649. The van der Waals surface area contributed by atoms with Crippen LogP contribution in [0.15, 0.2) is 43.0 Å². The molecule has 0 aliphatic carbocycles. The van der Waals surface area contributed by atoms with Crippen molar-refractivity contribution in [1.82, 2.24) is 19.9 Å². The molecule has 0 fully saturated rings. The number of nitrogens with zero attached hydrogens (tertiary/aromatic N) is 4. The van der Waals surface area contributed by atoms with E-state index in [1.165, 1.54) is 6.33 Å². The Hall–Kier alpha value is -3.29. The number of halogens is 1. The van der Waals surface area contributed by atoms with Crippen molar-refractivity contribution in [3.63, 3.8) is 0 Å². The van der Waals surface area contributed by atoms with E-state index in [0.29, 0.717) is 30.2 Å². The van der Waals surface area contributed by atoms with Crippen LogP contribution in [0, 0.1) is 5.95 Å². The molecule has 0 bridgehead atoms. The molecule has 0 amide bonds. The van der Waals surface area contributed by atoms with Crippen LogP contribution in [0.5, 0.6) is 5.88 Å². The lowest BCUT2D eigenvalue weighted by Gasteiger charge is -2.12. The molecule has 7 nitrogen and oxygen atoms in total. The Balaban J connectivity index is 1.42. The first-order chi connectivity index (χ1) is 13.2. The van der Waals surface area contributed by atoms with Crippen LogP contribution in [0.1, 0.15) is 22.6 Å². The van der Waals surface area contributed by atoms with Gasteiger partial charge >= 0.3 is 0 Å². The molecule has 0 spiro atoms. The highest BCUT2D eigenvalue weighted by Crippen LogP contribution is 2.31. The third-order valence-electron chi connectivity index (χ3n) is 4.57. The third kappa shape index (κ3) is 3.79. The maximum absolute atomic E-state index is 14.5. The summed E-state index contributed by atoms with van der Waals surface area (Å²) in [5.41, 5.74) is 2.57. The molecule has 1 aliphatic heterocycles. The van der Waals surface area contributed by atoms with Crippen molar-refractivity contribution in [2.75, 3.05) is 24.3 Å². The van der Waals surface area contributed by atoms with Crippen LogP contribution >= 0.6 is 0 Å². The van der Waals surface area contributed by atoms with Crippen molar-refractivity contribution in [2.24, 2.45) is 0 Å². The zero-order chi connectivity index (χ0) is 18.6. The van der Waals surface area contributed by atoms with Crippen LogP contribution in [-0.2, 0) is 13.0 Å². The van der Waals surface area contributed by atoms with Gasteiger partial charge in [-0.15, -0.1) is 0 Å². The molecular formula is C19H19FN6O. The van der Waals surface area contributed by atoms with Gasteiger partial charge in [-0.1, -0.05) is 6.07 Å². The number of nitrogens with one attached hydrogen (secondary N) is 2. The Morgan fingerprint density at radius 3 is 3.07 bits per heavy atom. The summed E-state index contributed by atoms with van der Waals surface area (Å²) < 4.78 is 19.6. The molecule has 4 rings (SSSR count). The van der Waals surface area contributed by atoms with Crippen molar-refractivity contribution >= 4 is 11.6 Å². The molecule has 1 aliphatic rings. The topological polar surface area (TPSA) is 84.9 Å². The first-order valence-corrected chi connectivity index (χ1v) is 8.65. The number of fused-ring (bicyclic) bond motifs is 1. The second-order valence-electron chi connectivity index (χ2n) is 6.32. The van der Waals surface area contributed by atoms with E-state index in [-0.39, 0.29) is 5.92 Å². The van der Waals surface area contributed by atoms with Crippen molar-refractivity contribution in [3.05, 3.63) is 65.6 Å². The van der Waals surface area contributed by atoms with Gasteiger partial charge in [-0.05, 0) is 24.1 Å². The van der Waals surface area contributed by atoms with Gasteiger partial charge in [0, 0.05) is 48.6 Å². The monoisotopic (exact) mass is 366 g/mol. The minimum absolute atomic E-state index is 0.139. The van der Waals surface area contributed by atoms with E-state index in [0.717, 1.165) is 23.5 Å². The molecule has 1 atom stereocenters. The van der Waals surface area contributed by atoms with Gasteiger partial charge in [0.15, 0.2) is 0 Å². The second kappa shape index (κ2) is 7.53. The molecule has 0 saturated heterocycles. The molecule has 3 aromatic heterocycles. The van der Waals surface area contributed by atoms with E-state index in [1.807, 2.05) is 12.1 Å². The maximum atomic E-state index is 14.5. The van der Waals surface area contributed by atoms with Crippen molar-refractivity contribution in [2.45, 2.75) is 18.9 Å². The average Bonchev–Trinajstić information content (AvgIpc) is 3.11. The summed E-state index contributed by atoms with van der Waals surface area (Å²) >= 11 is 0. The number of hydrogen-bond acceptors (Lipinski definition) is 7. The van der Waals surface area contributed by atoms with Gasteiger partial charge in [0.05, 0.1) is 7.11 Å². The first-order valence-electron chi connectivity index (χ1n) is 8.65. The molecule has 0 radical (unpaired) electrons. The van der Waals surface area contributed by atoms with Crippen LogP contribution in [0.3, 0.4) is 0 Å². The van der Waals surface area contributed by atoms with Gasteiger partial charge in [-0.25, -0.2) is 19.9 Å². The smallest absolute Gasteiger partial charge is 0.218 e. The van der Waals surface area contributed by atoms with Crippen molar-refractivity contribution < 1.29 is 9.13 Å². The van der Waals surface area contributed by atoms with E-state index in [1.54, 1.807) is 31.6 Å². The summed E-state index contributed by atoms with van der Waals surface area (Å²) in [6, 6.07) is 7.26. The molecule has 2 N–H and O–H groups in total. The summed E-state index contributed by atoms with van der Waals surface area (Å²) in [5, 5.41) is 6.35. The minimum Gasteiger partial charge on any atom is -0.481 e. The zero-order valence-corrected chi connectivity index (χ0v) is 14.8. The zero-order valence-electron chi connectivity index (χ0n) is 14.8. The Kier molecular flexibility index (Phi) is 4.78. The normalized spacial score (nSPS) is 15.1. The molecule has 4 heterocycles. The van der Waals surface area contributed by atoms with Crippen LogP contribution in [0.4, 0.5) is 16.0 Å². The molecule has 0 aromatic carbocycles. The predicted molar refractivity (Wildman–Crippen MR) is 99.3 cm³/mol. The van der Waals surface area contributed by atoms with E-state index in [2.05, 4.69) is 30.6 Å². The number of anilines is 2. The number of rotatable bonds is 6. The molecular weight excluding hydrogens is 347 g/mol. The Labute approximate surface area is 156 Å². The van der Waals surface area contributed by atoms with E-state index in [4.69, 9.17) is 4.74 Å². The van der Waals surface area contributed by atoms with Crippen molar-refractivity contribution in [3.8, 4) is 5.88 Å². The third-order valence-corrected chi connectivity index (χ3v) is 4.57. The fourth-order valence-electron chi connectivity index (χ4n) is 3.14. The molecule has 1 unspecified atom stereocenters. The van der Waals surface area contributed by atoms with E-state index in [9.17, 15) is 4.39 Å². The summed E-state index contributed by atoms with van der Waals surface area (Å²) in [4.78, 5) is 16.4. The Morgan fingerprint density at radius 2 is 2.22 bits per heavy atom. The highest BCUT2D eigenvalue weighted by Gasteiger charge is 2.24. The summed E-state index contributed by atoms with van der Waals surface area (Å²) in [5.74, 6) is 1.53. The number of aromatic nitrogens is 4. The Bertz CT molecular complexity index is 951. The van der Waals surface area contributed by atoms with Crippen LogP contribution < -0.4 is 15.4 Å². The minimum atomic E-state index is -0.461.